The van der Waals surface area contributed by atoms with Gasteiger partial charge in [-0.3, -0.25) is 38.5 Å². The molecule has 1 aromatic heterocycles. The SMILES string of the molecule is CO[C@@H]1/C=C/C=C(\C)Cc2cc(C)c(Cl)c(c2)N(C)C(=O)C[C@H](OC(=O)[C@H](C)N(C)C(=O)c2ccc3nc(CC(=O)[C@H](CCCNC(N)=O)NC(=O)[C@@H](CC(=O)CCCCC(C)(C)OC(=O)C(CBr)CBr)C(C)C)ccc3c2)[C@]2(C)O[C@H]2[C@H](C)[C@@H]2C[C@@]1(O)CC(=O)O2. The lowest BCUT2D eigenvalue weighted by Crippen LogP contribution is -2.53. The number of anilines is 1. The molecule has 0 spiro atoms. The van der Waals surface area contributed by atoms with Gasteiger partial charge in [0.1, 0.15) is 46.9 Å². The van der Waals surface area contributed by atoms with Crippen LogP contribution in [0.15, 0.2) is 66.3 Å². The summed E-state index contributed by atoms with van der Waals surface area (Å²) in [6, 6.07) is 8.93. The minimum atomic E-state index is -1.64. The number of unbranched alkanes of at least 4 members (excludes halogenated alkanes) is 1. The van der Waals surface area contributed by atoms with E-state index in [-0.39, 0.29) is 86.4 Å². The zero-order valence-electron chi connectivity index (χ0n) is 54.9. The molecule has 92 heavy (non-hydrogen) atoms. The van der Waals surface area contributed by atoms with E-state index in [1.165, 1.54) is 30.9 Å². The molecule has 10 atom stereocenters. The molecule has 504 valence electrons. The van der Waals surface area contributed by atoms with Crippen molar-refractivity contribution in [3.63, 3.8) is 0 Å². The van der Waals surface area contributed by atoms with Gasteiger partial charge < -0.3 is 55.0 Å². The number of benzene rings is 2. The zero-order valence-corrected chi connectivity index (χ0v) is 58.8. The molecule has 21 nitrogen and oxygen atoms in total. The molecule has 5 N–H and O–H groups in total. The second-order valence-electron chi connectivity index (χ2n) is 26.1. The van der Waals surface area contributed by atoms with Crippen molar-refractivity contribution < 1.29 is 71.9 Å². The first-order valence-electron chi connectivity index (χ1n) is 31.4. The van der Waals surface area contributed by atoms with Crippen LogP contribution in [0.25, 0.3) is 10.9 Å². The summed E-state index contributed by atoms with van der Waals surface area (Å²) in [6.45, 7) is 16.3. The number of methoxy groups -OCH3 is 1. The molecule has 0 unspecified atom stereocenters. The van der Waals surface area contributed by atoms with E-state index in [9.17, 15) is 48.3 Å². The molecule has 0 radical (unpaired) electrons. The number of aromatic nitrogens is 1. The Hall–Kier alpha value is -6.11. The molecule has 2 aromatic carbocycles. The summed E-state index contributed by atoms with van der Waals surface area (Å²) in [5, 5.41) is 19.3. The van der Waals surface area contributed by atoms with Gasteiger partial charge in [0.2, 0.25) is 11.8 Å². The number of nitrogens with two attached hydrogens (primary N) is 1. The Bertz CT molecular complexity index is 3280. The number of Topliss-reactive ketones (excluding diaryl/α,β-unsaturated/α-hetero) is 2. The first kappa shape index (κ1) is 74.9. The van der Waals surface area contributed by atoms with Crippen molar-refractivity contribution in [2.24, 2.45) is 29.4 Å². The number of carbonyl (C=O) groups excluding carboxylic acids is 9. The van der Waals surface area contributed by atoms with E-state index < -0.39 is 101 Å². The molecule has 0 saturated carbocycles. The molecule has 2 fully saturated rings. The van der Waals surface area contributed by atoms with Crippen LogP contribution < -0.4 is 21.3 Å². The number of nitrogens with one attached hydrogen (secondary N) is 2. The van der Waals surface area contributed by atoms with Crippen molar-refractivity contribution in [2.75, 3.05) is 43.3 Å². The van der Waals surface area contributed by atoms with Crippen LogP contribution in [-0.4, -0.2) is 160 Å². The third kappa shape index (κ3) is 19.7. The molecule has 6 rings (SSSR count). The van der Waals surface area contributed by atoms with Gasteiger partial charge in [-0.15, -0.1) is 0 Å². The number of amides is 5. The number of pyridine rings is 1. The van der Waals surface area contributed by atoms with Crippen LogP contribution in [0.3, 0.4) is 0 Å². The Balaban J connectivity index is 1.15. The summed E-state index contributed by atoms with van der Waals surface area (Å²) >= 11 is 13.6. The van der Waals surface area contributed by atoms with Crippen LogP contribution in [0.1, 0.15) is 147 Å². The fourth-order valence-corrected chi connectivity index (χ4v) is 13.7. The van der Waals surface area contributed by atoms with Gasteiger partial charge in [0.25, 0.3) is 5.91 Å². The number of esters is 3. The summed E-state index contributed by atoms with van der Waals surface area (Å²) in [5.74, 6) is -5.58. The third-order valence-corrected chi connectivity index (χ3v) is 19.9. The minimum Gasteiger partial charge on any atom is -0.462 e. The number of hydrogen-bond acceptors (Lipinski definition) is 16. The monoisotopic (exact) mass is 1420 g/mol. The van der Waals surface area contributed by atoms with Crippen molar-refractivity contribution in [3.8, 4) is 0 Å². The van der Waals surface area contributed by atoms with Gasteiger partial charge in [-0.05, 0) is 127 Å². The lowest BCUT2D eigenvalue weighted by Gasteiger charge is -2.41. The quantitative estimate of drug-likeness (QED) is 0.0191. The lowest BCUT2D eigenvalue weighted by atomic mass is 9.78. The van der Waals surface area contributed by atoms with E-state index in [0.717, 1.165) is 16.7 Å². The number of allylic oxidation sites excluding steroid dienone is 3. The fraction of sp³-hybridized carbons (Fsp3) is 0.588. The van der Waals surface area contributed by atoms with Gasteiger partial charge in [-0.2, -0.15) is 0 Å². The summed E-state index contributed by atoms with van der Waals surface area (Å²) in [6.07, 6.45) is 3.63. The van der Waals surface area contributed by atoms with Crippen molar-refractivity contribution in [1.82, 2.24) is 20.5 Å². The molecule has 3 aliphatic heterocycles. The van der Waals surface area contributed by atoms with Crippen molar-refractivity contribution in [3.05, 3.63) is 93.7 Å². The number of ketones is 2. The summed E-state index contributed by atoms with van der Waals surface area (Å²) in [4.78, 5) is 129. The molecule has 2 saturated heterocycles. The number of alkyl halides is 2. The second-order valence-corrected chi connectivity index (χ2v) is 27.8. The first-order valence-corrected chi connectivity index (χ1v) is 34.0. The molecule has 3 aromatic rings. The number of aryl methyl sites for hydroxylation is 1. The molecule has 0 aliphatic carbocycles. The van der Waals surface area contributed by atoms with Crippen LogP contribution in [0.4, 0.5) is 10.5 Å². The van der Waals surface area contributed by atoms with Gasteiger partial charge in [-0.25, -0.2) is 9.59 Å². The van der Waals surface area contributed by atoms with Crippen LogP contribution >= 0.6 is 43.5 Å². The zero-order chi connectivity index (χ0) is 68.2. The van der Waals surface area contributed by atoms with Crippen molar-refractivity contribution in [2.45, 2.75) is 193 Å². The van der Waals surface area contributed by atoms with E-state index in [0.29, 0.717) is 70.1 Å². The standard InChI is InChI=1S/C68H91Br2ClN6O15/c1-38(2)49(32-48(78)18-13-14-25-66(7,8)92-64(85)46(36-69)37-70)61(82)75-51(19-16-26-73-65(72)86)53(79)31-47-23-21-44-30-45(22-24-50(44)74-47)62(83)76(10)42(6)63(84)90-56-33-57(80)77(11)52-29-43(28-40(4)59(52)71)27-39(3)17-15-20-55(88-12)68(87)34-54(89-58(81)35-68)41(5)60-67(56,9)91-60/h15,17,20-24,28-30,38,41-42,46,49,51,54-56,60,87H,13-14,16,18-19,25-27,31-37H2,1-12H3,(H,75,82)(H3,72,73,86)/b20-15+,39-17+/t41-,42+,49+,51+,54+,55-,56+,60+,67+,68-/m1/s1. The van der Waals surface area contributed by atoms with E-state index in [1.807, 2.05) is 59.8 Å². The van der Waals surface area contributed by atoms with E-state index in [4.69, 9.17) is 46.0 Å². The highest BCUT2D eigenvalue weighted by atomic mass is 79.9. The number of aliphatic hydroxyl groups is 1. The van der Waals surface area contributed by atoms with Gasteiger partial charge in [0.15, 0.2) is 5.78 Å². The highest BCUT2D eigenvalue weighted by Crippen LogP contribution is 2.50. The summed E-state index contributed by atoms with van der Waals surface area (Å²) in [7, 11) is 4.50. The molecular formula is C68H91Br2ClN6O15. The number of carbonyl (C=O) groups is 9. The largest absolute Gasteiger partial charge is 0.462 e. The highest BCUT2D eigenvalue weighted by Gasteiger charge is 2.64. The number of hydrogen-bond donors (Lipinski definition) is 4. The Morgan fingerprint density at radius 1 is 1.00 bits per heavy atom. The van der Waals surface area contributed by atoms with Crippen LogP contribution in [0.5, 0.6) is 0 Å². The number of rotatable bonds is 26. The smallest absolute Gasteiger partial charge is 0.328 e. The second kappa shape index (κ2) is 32.8. The molecule has 3 aliphatic rings. The van der Waals surface area contributed by atoms with Gasteiger partial charge in [-0.1, -0.05) is 100 Å². The maximum absolute atomic E-state index is 14.5. The Labute approximate surface area is 561 Å². The van der Waals surface area contributed by atoms with Crippen molar-refractivity contribution >= 4 is 113 Å². The fourth-order valence-electron chi connectivity index (χ4n) is 11.9. The average molecular weight is 1430 g/mol. The number of ether oxygens (including phenoxy) is 5. The lowest BCUT2D eigenvalue weighted by molar-refractivity contribution is -0.187. The summed E-state index contributed by atoms with van der Waals surface area (Å²) in [5.41, 5.74) is 5.65. The molecule has 4 heterocycles. The number of epoxide rings is 1. The van der Waals surface area contributed by atoms with Gasteiger partial charge >= 0.3 is 23.9 Å². The summed E-state index contributed by atoms with van der Waals surface area (Å²) < 4.78 is 30.0. The van der Waals surface area contributed by atoms with Crippen LogP contribution in [0, 0.1) is 30.6 Å². The number of likely N-dealkylation sites (N-methyl/N-ethyl adjacent to an activating group) is 1. The highest BCUT2D eigenvalue weighted by molar-refractivity contribution is 9.09. The third-order valence-electron chi connectivity index (χ3n) is 17.9. The Morgan fingerprint density at radius 2 is 1.71 bits per heavy atom. The number of primary amides is 1. The molecule has 5 amide bonds. The Kier molecular flexibility index (Phi) is 26.7. The van der Waals surface area contributed by atoms with E-state index >= 15 is 0 Å². The minimum absolute atomic E-state index is 0.00258. The molecule has 4 bridgehead atoms. The Morgan fingerprint density at radius 3 is 2.37 bits per heavy atom. The predicted molar refractivity (Wildman–Crippen MR) is 356 cm³/mol. The number of fused-ring (bicyclic) bond motifs is 6. The van der Waals surface area contributed by atoms with Gasteiger partial charge in [0.05, 0.1) is 53.6 Å². The number of halogens is 3. The predicted octanol–water partition coefficient (Wildman–Crippen LogP) is 9.49. The maximum Gasteiger partial charge on any atom is 0.328 e. The first-order chi connectivity index (χ1) is 43.2. The maximum atomic E-state index is 14.5. The number of nitrogens with zero attached hydrogens (tertiary/aromatic N) is 3. The topological polar surface area (TPSA) is 293 Å². The van der Waals surface area contributed by atoms with Crippen LogP contribution in [0.2, 0.25) is 5.02 Å². The van der Waals surface area contributed by atoms with E-state index in [1.54, 1.807) is 63.4 Å². The van der Waals surface area contributed by atoms with E-state index in [2.05, 4.69) is 42.5 Å². The van der Waals surface area contributed by atoms with Crippen LogP contribution in [-0.2, 0) is 70.1 Å². The molecule has 24 heteroatoms. The van der Waals surface area contributed by atoms with Gasteiger partial charge in [0, 0.05) is 86.2 Å². The number of urea groups is 1. The molecular weight excluding hydrogens is 1340 g/mol. The van der Waals surface area contributed by atoms with Crippen molar-refractivity contribution in [1.29, 1.82) is 0 Å². The normalized spacial score (nSPS) is 23.9. The average Bonchev–Trinajstić information content (AvgIpc) is 1.57.